The highest BCUT2D eigenvalue weighted by Crippen LogP contribution is 2.42. The van der Waals surface area contributed by atoms with Gasteiger partial charge in [0.1, 0.15) is 11.2 Å². The van der Waals surface area contributed by atoms with Crippen LogP contribution in [0.25, 0.3) is 0 Å². The van der Waals surface area contributed by atoms with E-state index in [0.717, 1.165) is 22.4 Å². The fourth-order valence-corrected chi connectivity index (χ4v) is 3.83. The summed E-state index contributed by atoms with van der Waals surface area (Å²) in [5, 5.41) is -0.158. The van der Waals surface area contributed by atoms with Gasteiger partial charge < -0.3 is 0 Å². The van der Waals surface area contributed by atoms with E-state index in [1.54, 1.807) is 11.0 Å². The number of thioether (sulfide) groups is 1. The fraction of sp³-hybridized carbons (Fsp3) is 0.235. The molecule has 1 aliphatic rings. The Morgan fingerprint density at radius 2 is 2.00 bits per heavy atom. The number of carbonyl (C=O) groups excluding carboxylic acids is 1. The lowest BCUT2D eigenvalue weighted by atomic mass is 10.1. The molecular formula is C17H16FNOS. The molecule has 0 spiro atoms. The summed E-state index contributed by atoms with van der Waals surface area (Å²) in [4.78, 5) is 14.1. The molecule has 1 saturated heterocycles. The van der Waals surface area contributed by atoms with Crippen molar-refractivity contribution in [3.63, 3.8) is 0 Å². The van der Waals surface area contributed by atoms with Crippen LogP contribution in [0.4, 0.5) is 10.1 Å². The molecule has 2 aromatic carbocycles. The summed E-state index contributed by atoms with van der Waals surface area (Å²) < 4.78 is 13.5. The minimum absolute atomic E-state index is 0.0706. The Hall–Kier alpha value is -1.81. The third kappa shape index (κ3) is 2.68. The van der Waals surface area contributed by atoms with Crippen molar-refractivity contribution in [3.8, 4) is 0 Å². The largest absolute Gasteiger partial charge is 0.295 e. The molecule has 1 fully saturated rings. The number of hydrogen-bond donors (Lipinski definition) is 0. The number of anilines is 1. The van der Waals surface area contributed by atoms with Gasteiger partial charge in [0.05, 0.1) is 5.75 Å². The van der Waals surface area contributed by atoms with Crippen molar-refractivity contribution < 1.29 is 9.18 Å². The van der Waals surface area contributed by atoms with E-state index >= 15 is 0 Å². The summed E-state index contributed by atoms with van der Waals surface area (Å²) >= 11 is 1.54. The Bertz CT molecular complexity index is 701. The van der Waals surface area contributed by atoms with Crippen LogP contribution in [0.5, 0.6) is 0 Å². The molecule has 0 N–H and O–H groups in total. The van der Waals surface area contributed by atoms with Crippen molar-refractivity contribution in [1.29, 1.82) is 0 Å². The molecule has 3 rings (SSSR count). The van der Waals surface area contributed by atoms with Crippen molar-refractivity contribution in [3.05, 3.63) is 65.0 Å². The fourth-order valence-electron chi connectivity index (χ4n) is 2.67. The molecule has 1 atom stereocenters. The van der Waals surface area contributed by atoms with Crippen LogP contribution in [0.2, 0.25) is 0 Å². The van der Waals surface area contributed by atoms with Crippen LogP contribution < -0.4 is 4.90 Å². The van der Waals surface area contributed by atoms with Crippen molar-refractivity contribution in [2.75, 3.05) is 10.7 Å². The molecular weight excluding hydrogens is 285 g/mol. The van der Waals surface area contributed by atoms with E-state index in [1.807, 2.05) is 32.0 Å². The lowest BCUT2D eigenvalue weighted by Gasteiger charge is -2.26. The van der Waals surface area contributed by atoms with Gasteiger partial charge in [-0.15, -0.1) is 11.8 Å². The van der Waals surface area contributed by atoms with Gasteiger partial charge in [-0.25, -0.2) is 4.39 Å². The van der Waals surface area contributed by atoms with E-state index in [0.29, 0.717) is 5.75 Å². The summed E-state index contributed by atoms with van der Waals surface area (Å²) in [6.45, 7) is 4.03. The molecule has 0 saturated carbocycles. The first kappa shape index (κ1) is 14.1. The summed E-state index contributed by atoms with van der Waals surface area (Å²) in [6, 6.07) is 12.5. The van der Waals surface area contributed by atoms with Gasteiger partial charge in [-0.2, -0.15) is 0 Å². The van der Waals surface area contributed by atoms with Crippen molar-refractivity contribution in [2.45, 2.75) is 19.2 Å². The van der Waals surface area contributed by atoms with Crippen LogP contribution in [0.15, 0.2) is 42.5 Å². The zero-order chi connectivity index (χ0) is 15.0. The summed E-state index contributed by atoms with van der Waals surface area (Å²) in [5.74, 6) is 0.225. The van der Waals surface area contributed by atoms with Gasteiger partial charge in [-0.05, 0) is 43.2 Å². The van der Waals surface area contributed by atoms with Crippen LogP contribution in [0.1, 0.15) is 22.1 Å². The number of nitrogens with zero attached hydrogens (tertiary/aromatic N) is 1. The first-order chi connectivity index (χ1) is 10.1. The van der Waals surface area contributed by atoms with Gasteiger partial charge >= 0.3 is 0 Å². The molecule has 0 radical (unpaired) electrons. The molecule has 0 aromatic heterocycles. The molecule has 1 aliphatic heterocycles. The Morgan fingerprint density at radius 3 is 2.71 bits per heavy atom. The molecule has 1 heterocycles. The number of carbonyl (C=O) groups is 1. The third-order valence-corrected chi connectivity index (χ3v) is 4.83. The second kappa shape index (κ2) is 5.53. The zero-order valence-corrected chi connectivity index (χ0v) is 12.8. The minimum atomic E-state index is -0.270. The number of halogens is 1. The zero-order valence-electron chi connectivity index (χ0n) is 12.0. The van der Waals surface area contributed by atoms with Crippen LogP contribution in [-0.4, -0.2) is 11.7 Å². The molecule has 0 bridgehead atoms. The van der Waals surface area contributed by atoms with E-state index in [9.17, 15) is 9.18 Å². The molecule has 4 heteroatoms. The second-order valence-electron chi connectivity index (χ2n) is 5.27. The summed E-state index contributed by atoms with van der Waals surface area (Å²) in [7, 11) is 0. The topological polar surface area (TPSA) is 20.3 Å². The maximum Gasteiger partial charge on any atom is 0.238 e. The van der Waals surface area contributed by atoms with E-state index in [4.69, 9.17) is 0 Å². The molecule has 108 valence electrons. The Labute approximate surface area is 128 Å². The SMILES string of the molecule is Cc1ccc(N2C(=O)CSC2c2cccc(F)c2)c(C)c1. The summed E-state index contributed by atoms with van der Waals surface area (Å²) in [6.07, 6.45) is 0. The number of benzene rings is 2. The van der Waals surface area contributed by atoms with Crippen LogP contribution in [-0.2, 0) is 4.79 Å². The van der Waals surface area contributed by atoms with E-state index in [1.165, 1.54) is 23.9 Å². The highest BCUT2D eigenvalue weighted by molar-refractivity contribution is 8.00. The average Bonchev–Trinajstić information content (AvgIpc) is 2.81. The lowest BCUT2D eigenvalue weighted by molar-refractivity contribution is -0.115. The predicted octanol–water partition coefficient (Wildman–Crippen LogP) is 4.22. The normalized spacial score (nSPS) is 18.3. The molecule has 2 aromatic rings. The molecule has 1 amide bonds. The maximum atomic E-state index is 13.5. The highest BCUT2D eigenvalue weighted by atomic mass is 32.2. The van der Waals surface area contributed by atoms with Crippen molar-refractivity contribution in [1.82, 2.24) is 0 Å². The van der Waals surface area contributed by atoms with E-state index < -0.39 is 0 Å². The first-order valence-electron chi connectivity index (χ1n) is 6.82. The number of rotatable bonds is 2. The Balaban J connectivity index is 2.04. The second-order valence-corrected chi connectivity index (χ2v) is 6.34. The lowest BCUT2D eigenvalue weighted by Crippen LogP contribution is -2.28. The van der Waals surface area contributed by atoms with Gasteiger partial charge in [-0.1, -0.05) is 29.8 Å². The first-order valence-corrected chi connectivity index (χ1v) is 7.87. The van der Waals surface area contributed by atoms with E-state index in [-0.39, 0.29) is 17.1 Å². The van der Waals surface area contributed by atoms with Crippen LogP contribution >= 0.6 is 11.8 Å². The number of hydrogen-bond acceptors (Lipinski definition) is 2. The summed E-state index contributed by atoms with van der Waals surface area (Å²) in [5.41, 5.74) is 3.96. The van der Waals surface area contributed by atoms with Gasteiger partial charge in [0.15, 0.2) is 0 Å². The van der Waals surface area contributed by atoms with Crippen LogP contribution in [0.3, 0.4) is 0 Å². The van der Waals surface area contributed by atoms with Crippen LogP contribution in [0, 0.1) is 19.7 Å². The Kier molecular flexibility index (Phi) is 3.72. The smallest absolute Gasteiger partial charge is 0.238 e. The third-order valence-electron chi connectivity index (χ3n) is 3.61. The van der Waals surface area contributed by atoms with Gasteiger partial charge in [-0.3, -0.25) is 9.69 Å². The van der Waals surface area contributed by atoms with Gasteiger partial charge in [0, 0.05) is 5.69 Å². The van der Waals surface area contributed by atoms with Crippen molar-refractivity contribution in [2.24, 2.45) is 0 Å². The van der Waals surface area contributed by atoms with Gasteiger partial charge in [0.2, 0.25) is 5.91 Å². The van der Waals surface area contributed by atoms with Gasteiger partial charge in [0.25, 0.3) is 0 Å². The minimum Gasteiger partial charge on any atom is -0.295 e. The number of amides is 1. The molecule has 2 nitrogen and oxygen atoms in total. The predicted molar refractivity (Wildman–Crippen MR) is 85.0 cm³/mol. The highest BCUT2D eigenvalue weighted by Gasteiger charge is 2.34. The maximum absolute atomic E-state index is 13.5. The standard InChI is InChI=1S/C17H16FNOS/c1-11-6-7-15(12(2)8-11)19-16(20)10-21-17(19)13-4-3-5-14(18)9-13/h3-9,17H,10H2,1-2H3. The molecule has 1 unspecified atom stereocenters. The Morgan fingerprint density at radius 1 is 1.19 bits per heavy atom. The monoisotopic (exact) mass is 301 g/mol. The van der Waals surface area contributed by atoms with Crippen molar-refractivity contribution >= 4 is 23.4 Å². The number of aryl methyl sites for hydroxylation is 2. The molecule has 0 aliphatic carbocycles. The average molecular weight is 301 g/mol. The molecule has 21 heavy (non-hydrogen) atoms. The van der Waals surface area contributed by atoms with E-state index in [2.05, 4.69) is 6.07 Å². The quantitative estimate of drug-likeness (QED) is 0.827.